The third-order valence-corrected chi connectivity index (χ3v) is 6.85. The fourth-order valence-corrected chi connectivity index (χ4v) is 5.01. The Morgan fingerprint density at radius 3 is 2.87 bits per heavy atom. The standard InChI is InChI=1S/C23H26N6S/c1-3-30-20-6-4-5-16-7-9-19(25-22(16)20)23-27-26-21-10-8-17(13-29(21)23)15(2)28-12-11-18(24)14-28/h4-10,13,15,18H,3,11-12,14,24H2,1-2H3/t15-,18-/m0/s1. The van der Waals surface area contributed by atoms with Gasteiger partial charge in [0.25, 0.3) is 0 Å². The highest BCUT2D eigenvalue weighted by Crippen LogP contribution is 2.30. The predicted octanol–water partition coefficient (Wildman–Crippen LogP) is 4.15. The van der Waals surface area contributed by atoms with Crippen LogP contribution >= 0.6 is 11.8 Å². The molecule has 1 aliphatic heterocycles. The van der Waals surface area contributed by atoms with Gasteiger partial charge >= 0.3 is 0 Å². The van der Waals surface area contributed by atoms with Crippen LogP contribution in [0.25, 0.3) is 28.1 Å². The molecule has 5 rings (SSSR count). The number of nitrogens with two attached hydrogens (primary N) is 1. The van der Waals surface area contributed by atoms with Crippen LogP contribution in [0.15, 0.2) is 53.6 Å². The van der Waals surface area contributed by atoms with Gasteiger partial charge in [-0.1, -0.05) is 31.2 Å². The zero-order valence-electron chi connectivity index (χ0n) is 17.3. The molecule has 30 heavy (non-hydrogen) atoms. The van der Waals surface area contributed by atoms with Crippen LogP contribution in [0.2, 0.25) is 0 Å². The highest BCUT2D eigenvalue weighted by Gasteiger charge is 2.25. The molecule has 0 radical (unpaired) electrons. The second-order valence-electron chi connectivity index (χ2n) is 7.89. The third-order valence-electron chi connectivity index (χ3n) is 5.92. The Labute approximate surface area is 180 Å². The van der Waals surface area contributed by atoms with E-state index in [0.29, 0.717) is 6.04 Å². The van der Waals surface area contributed by atoms with Gasteiger partial charge in [-0.2, -0.15) is 0 Å². The molecule has 4 heterocycles. The summed E-state index contributed by atoms with van der Waals surface area (Å²) in [6.45, 7) is 6.39. The Kier molecular flexibility index (Phi) is 5.18. The van der Waals surface area contributed by atoms with Crippen LogP contribution in [-0.2, 0) is 0 Å². The van der Waals surface area contributed by atoms with Gasteiger partial charge in [-0.15, -0.1) is 22.0 Å². The van der Waals surface area contributed by atoms with Gasteiger partial charge in [0.15, 0.2) is 11.5 Å². The summed E-state index contributed by atoms with van der Waals surface area (Å²) in [5, 5.41) is 9.99. The Bertz CT molecular complexity index is 1200. The first kappa shape index (κ1) is 19.5. The molecule has 1 aromatic carbocycles. The SMILES string of the molecule is CCSc1cccc2ccc(-c3nnc4ccc([C@H](C)N5CC[C@H](N)C5)cn34)nc12. The van der Waals surface area contributed by atoms with E-state index in [1.807, 2.05) is 23.9 Å². The second-order valence-corrected chi connectivity index (χ2v) is 9.20. The lowest BCUT2D eigenvalue weighted by atomic mass is 10.1. The first-order valence-electron chi connectivity index (χ1n) is 10.5. The smallest absolute Gasteiger partial charge is 0.187 e. The molecular formula is C23H26N6S. The van der Waals surface area contributed by atoms with E-state index < -0.39 is 0 Å². The predicted molar refractivity (Wildman–Crippen MR) is 123 cm³/mol. The van der Waals surface area contributed by atoms with Crippen molar-refractivity contribution in [3.63, 3.8) is 0 Å². The molecule has 1 saturated heterocycles. The maximum absolute atomic E-state index is 6.12. The molecule has 0 aliphatic carbocycles. The number of rotatable bonds is 5. The van der Waals surface area contributed by atoms with E-state index in [1.54, 1.807) is 0 Å². The van der Waals surface area contributed by atoms with Crippen LogP contribution in [0.3, 0.4) is 0 Å². The second kappa shape index (κ2) is 7.98. The minimum atomic E-state index is 0.277. The molecule has 0 unspecified atom stereocenters. The monoisotopic (exact) mass is 418 g/mol. The Hall–Kier alpha value is -2.48. The topological polar surface area (TPSA) is 72.3 Å². The minimum Gasteiger partial charge on any atom is -0.326 e. The molecule has 6 nitrogen and oxygen atoms in total. The van der Waals surface area contributed by atoms with E-state index in [9.17, 15) is 0 Å². The maximum Gasteiger partial charge on any atom is 0.187 e. The number of fused-ring (bicyclic) bond motifs is 2. The van der Waals surface area contributed by atoms with Gasteiger partial charge < -0.3 is 5.73 Å². The summed E-state index contributed by atoms with van der Waals surface area (Å²) >= 11 is 1.81. The first-order chi connectivity index (χ1) is 14.6. The number of pyridine rings is 2. The average molecular weight is 419 g/mol. The molecule has 0 amide bonds. The van der Waals surface area contributed by atoms with E-state index in [1.165, 1.54) is 10.5 Å². The lowest BCUT2D eigenvalue weighted by Crippen LogP contribution is -2.28. The molecule has 1 aliphatic rings. The molecule has 4 aromatic rings. The minimum absolute atomic E-state index is 0.277. The summed E-state index contributed by atoms with van der Waals surface area (Å²) in [6, 6.07) is 15.2. The molecule has 0 saturated carbocycles. The lowest BCUT2D eigenvalue weighted by Gasteiger charge is -2.24. The number of hydrogen-bond acceptors (Lipinski definition) is 6. The fourth-order valence-electron chi connectivity index (χ4n) is 4.22. The van der Waals surface area contributed by atoms with E-state index in [0.717, 1.165) is 53.3 Å². The Morgan fingerprint density at radius 2 is 2.07 bits per heavy atom. The molecular weight excluding hydrogens is 392 g/mol. The van der Waals surface area contributed by atoms with Crippen LogP contribution in [0, 0.1) is 0 Å². The van der Waals surface area contributed by atoms with E-state index in [2.05, 4.69) is 69.9 Å². The number of thioether (sulfide) groups is 1. The number of likely N-dealkylation sites (tertiary alicyclic amines) is 1. The Balaban J connectivity index is 1.57. The van der Waals surface area contributed by atoms with Gasteiger partial charge in [0.05, 0.1) is 5.52 Å². The van der Waals surface area contributed by atoms with E-state index in [4.69, 9.17) is 10.7 Å². The van der Waals surface area contributed by atoms with Gasteiger partial charge in [0.1, 0.15) is 5.69 Å². The lowest BCUT2D eigenvalue weighted by molar-refractivity contribution is 0.259. The van der Waals surface area contributed by atoms with Crippen LogP contribution in [0.4, 0.5) is 0 Å². The molecule has 3 aromatic heterocycles. The van der Waals surface area contributed by atoms with Crippen molar-refractivity contribution in [2.45, 2.75) is 37.2 Å². The first-order valence-corrected chi connectivity index (χ1v) is 11.5. The van der Waals surface area contributed by atoms with Crippen LogP contribution in [0.5, 0.6) is 0 Å². The van der Waals surface area contributed by atoms with Crippen molar-refractivity contribution in [2.75, 3.05) is 18.8 Å². The quantitative estimate of drug-likeness (QED) is 0.491. The van der Waals surface area contributed by atoms with Crippen molar-refractivity contribution in [3.05, 3.63) is 54.2 Å². The number of benzene rings is 1. The summed E-state index contributed by atoms with van der Waals surface area (Å²) < 4.78 is 2.06. The highest BCUT2D eigenvalue weighted by molar-refractivity contribution is 7.99. The summed E-state index contributed by atoms with van der Waals surface area (Å²) in [5.74, 6) is 1.79. The van der Waals surface area contributed by atoms with Gasteiger partial charge in [0.2, 0.25) is 0 Å². The molecule has 0 bridgehead atoms. The molecule has 2 atom stereocenters. The number of nitrogens with zero attached hydrogens (tertiary/aromatic N) is 5. The summed E-state index contributed by atoms with van der Waals surface area (Å²) in [6.07, 6.45) is 3.21. The summed E-state index contributed by atoms with van der Waals surface area (Å²) in [5.41, 5.74) is 10.0. The normalized spacial score (nSPS) is 18.4. The third kappa shape index (κ3) is 3.47. The van der Waals surface area contributed by atoms with Crippen LogP contribution in [0.1, 0.15) is 31.9 Å². The zero-order valence-corrected chi connectivity index (χ0v) is 18.1. The number of hydrogen-bond donors (Lipinski definition) is 1. The van der Waals surface area contributed by atoms with E-state index in [-0.39, 0.29) is 6.04 Å². The van der Waals surface area contributed by atoms with Crippen LogP contribution in [-0.4, -0.2) is 49.4 Å². The molecule has 0 spiro atoms. The van der Waals surface area contributed by atoms with Crippen molar-refractivity contribution in [2.24, 2.45) is 5.73 Å². The van der Waals surface area contributed by atoms with Crippen molar-refractivity contribution >= 4 is 28.3 Å². The van der Waals surface area contributed by atoms with Gasteiger partial charge in [-0.3, -0.25) is 9.30 Å². The zero-order chi connectivity index (χ0) is 20.7. The molecule has 154 valence electrons. The van der Waals surface area contributed by atoms with Crippen molar-refractivity contribution in [1.29, 1.82) is 0 Å². The van der Waals surface area contributed by atoms with Gasteiger partial charge in [-0.05, 0) is 42.9 Å². The molecule has 2 N–H and O–H groups in total. The van der Waals surface area contributed by atoms with Crippen molar-refractivity contribution in [1.82, 2.24) is 24.5 Å². The maximum atomic E-state index is 6.12. The number of para-hydroxylation sites is 1. The van der Waals surface area contributed by atoms with Gasteiger partial charge in [0, 0.05) is 41.7 Å². The summed E-state index contributed by atoms with van der Waals surface area (Å²) in [4.78, 5) is 8.62. The van der Waals surface area contributed by atoms with Gasteiger partial charge in [-0.25, -0.2) is 4.98 Å². The fraction of sp³-hybridized carbons (Fsp3) is 0.348. The van der Waals surface area contributed by atoms with Crippen molar-refractivity contribution in [3.8, 4) is 11.5 Å². The largest absolute Gasteiger partial charge is 0.326 e. The van der Waals surface area contributed by atoms with Crippen LogP contribution < -0.4 is 5.73 Å². The Morgan fingerprint density at radius 1 is 1.17 bits per heavy atom. The summed E-state index contributed by atoms with van der Waals surface area (Å²) in [7, 11) is 0. The molecule has 1 fully saturated rings. The average Bonchev–Trinajstić information content (AvgIpc) is 3.39. The number of aromatic nitrogens is 4. The van der Waals surface area contributed by atoms with E-state index >= 15 is 0 Å². The van der Waals surface area contributed by atoms with Crippen molar-refractivity contribution < 1.29 is 0 Å². The highest BCUT2D eigenvalue weighted by atomic mass is 32.2. The molecule has 7 heteroatoms.